The summed E-state index contributed by atoms with van der Waals surface area (Å²) in [5.74, 6) is -0.999. The van der Waals surface area contributed by atoms with E-state index in [1.165, 1.54) is 13.2 Å². The molecule has 1 saturated heterocycles. The van der Waals surface area contributed by atoms with Crippen LogP contribution in [0.2, 0.25) is 5.02 Å². The van der Waals surface area contributed by atoms with Gasteiger partial charge in [0, 0.05) is 18.1 Å². The molecule has 1 atom stereocenters. The SMILES string of the molecule is COC(=O)NC1CCN(c2cc(Cl)ccc2C(=O)O)C1. The van der Waals surface area contributed by atoms with Crippen molar-refractivity contribution in [1.29, 1.82) is 0 Å². The number of nitrogens with one attached hydrogen (secondary N) is 1. The second kappa shape index (κ2) is 6.00. The number of hydrogen-bond donors (Lipinski definition) is 2. The molecule has 1 aromatic carbocycles. The number of aromatic carboxylic acids is 1. The highest BCUT2D eigenvalue weighted by atomic mass is 35.5. The molecule has 2 N–H and O–H groups in total. The molecule has 1 aliphatic heterocycles. The van der Waals surface area contributed by atoms with Crippen molar-refractivity contribution >= 4 is 29.4 Å². The molecule has 1 aromatic rings. The molecule has 6 nitrogen and oxygen atoms in total. The van der Waals surface area contributed by atoms with E-state index in [-0.39, 0.29) is 11.6 Å². The summed E-state index contributed by atoms with van der Waals surface area (Å²) < 4.78 is 4.55. The van der Waals surface area contributed by atoms with Crippen molar-refractivity contribution in [3.05, 3.63) is 28.8 Å². The first-order chi connectivity index (χ1) is 9.51. The van der Waals surface area contributed by atoms with E-state index in [1.54, 1.807) is 12.1 Å². The summed E-state index contributed by atoms with van der Waals surface area (Å²) in [6.45, 7) is 1.17. The minimum absolute atomic E-state index is 0.0666. The zero-order chi connectivity index (χ0) is 14.7. The van der Waals surface area contributed by atoms with Crippen LogP contribution in [-0.4, -0.2) is 43.4 Å². The first kappa shape index (κ1) is 14.5. The molecule has 20 heavy (non-hydrogen) atoms. The second-order valence-electron chi connectivity index (χ2n) is 4.53. The molecule has 0 aromatic heterocycles. The number of rotatable bonds is 3. The third-order valence-electron chi connectivity index (χ3n) is 3.23. The maximum Gasteiger partial charge on any atom is 0.407 e. The van der Waals surface area contributed by atoms with Gasteiger partial charge in [-0.15, -0.1) is 0 Å². The van der Waals surface area contributed by atoms with E-state index in [1.807, 2.05) is 4.90 Å². The minimum atomic E-state index is -0.999. The molecule has 7 heteroatoms. The number of nitrogens with zero attached hydrogens (tertiary/aromatic N) is 1. The van der Waals surface area contributed by atoms with Crippen molar-refractivity contribution in [2.75, 3.05) is 25.1 Å². The summed E-state index contributed by atoms with van der Waals surface area (Å²) in [5.41, 5.74) is 0.771. The van der Waals surface area contributed by atoms with Gasteiger partial charge < -0.3 is 20.1 Å². The summed E-state index contributed by atoms with van der Waals surface area (Å²) in [4.78, 5) is 24.3. The van der Waals surface area contributed by atoms with E-state index in [4.69, 9.17) is 11.6 Å². The number of benzene rings is 1. The molecule has 1 fully saturated rings. The van der Waals surface area contributed by atoms with E-state index >= 15 is 0 Å². The summed E-state index contributed by atoms with van der Waals surface area (Å²) in [7, 11) is 1.31. The summed E-state index contributed by atoms with van der Waals surface area (Å²) in [6, 6.07) is 4.60. The Morgan fingerprint density at radius 2 is 2.25 bits per heavy atom. The van der Waals surface area contributed by atoms with Crippen molar-refractivity contribution in [1.82, 2.24) is 5.32 Å². The lowest BCUT2D eigenvalue weighted by molar-refractivity contribution is 0.0697. The van der Waals surface area contributed by atoms with Gasteiger partial charge in [0.25, 0.3) is 0 Å². The zero-order valence-electron chi connectivity index (χ0n) is 10.9. The average Bonchev–Trinajstić information content (AvgIpc) is 2.86. The number of anilines is 1. The zero-order valence-corrected chi connectivity index (χ0v) is 11.7. The van der Waals surface area contributed by atoms with Crippen molar-refractivity contribution < 1.29 is 19.4 Å². The molecule has 0 saturated carbocycles. The maximum atomic E-state index is 11.2. The Morgan fingerprint density at radius 3 is 2.90 bits per heavy atom. The van der Waals surface area contributed by atoms with Crippen molar-refractivity contribution in [3.8, 4) is 0 Å². The van der Waals surface area contributed by atoms with Gasteiger partial charge in [0.15, 0.2) is 0 Å². The number of ether oxygens (including phenoxy) is 1. The lowest BCUT2D eigenvalue weighted by Gasteiger charge is -2.21. The number of hydrogen-bond acceptors (Lipinski definition) is 4. The monoisotopic (exact) mass is 298 g/mol. The van der Waals surface area contributed by atoms with Crippen LogP contribution in [0.3, 0.4) is 0 Å². The Hall–Kier alpha value is -1.95. The highest BCUT2D eigenvalue weighted by Gasteiger charge is 2.27. The van der Waals surface area contributed by atoms with E-state index in [9.17, 15) is 14.7 Å². The lowest BCUT2D eigenvalue weighted by atomic mass is 10.1. The van der Waals surface area contributed by atoms with Crippen LogP contribution in [0.5, 0.6) is 0 Å². The van der Waals surface area contributed by atoms with Crippen LogP contribution >= 0.6 is 11.6 Å². The Morgan fingerprint density at radius 1 is 1.50 bits per heavy atom. The van der Waals surface area contributed by atoms with E-state index < -0.39 is 12.1 Å². The topological polar surface area (TPSA) is 78.9 Å². The van der Waals surface area contributed by atoms with Gasteiger partial charge in [-0.3, -0.25) is 0 Å². The highest BCUT2D eigenvalue weighted by Crippen LogP contribution is 2.28. The van der Waals surface area contributed by atoms with E-state index in [0.29, 0.717) is 23.8 Å². The van der Waals surface area contributed by atoms with Crippen LogP contribution in [0.4, 0.5) is 10.5 Å². The van der Waals surface area contributed by atoms with Crippen LogP contribution in [-0.2, 0) is 4.74 Å². The average molecular weight is 299 g/mol. The number of methoxy groups -OCH3 is 1. The maximum absolute atomic E-state index is 11.2. The van der Waals surface area contributed by atoms with Crippen molar-refractivity contribution in [2.24, 2.45) is 0 Å². The smallest absolute Gasteiger partial charge is 0.407 e. The molecule has 0 spiro atoms. The van der Waals surface area contributed by atoms with Gasteiger partial charge in [-0.25, -0.2) is 9.59 Å². The third kappa shape index (κ3) is 3.14. The number of carboxylic acids is 1. The van der Waals surface area contributed by atoms with Crippen LogP contribution in [0.1, 0.15) is 16.8 Å². The number of alkyl carbamates (subject to hydrolysis) is 1. The minimum Gasteiger partial charge on any atom is -0.478 e. The second-order valence-corrected chi connectivity index (χ2v) is 4.97. The fourth-order valence-electron chi connectivity index (χ4n) is 2.27. The first-order valence-electron chi connectivity index (χ1n) is 6.13. The number of carboxylic acid groups (broad SMARTS) is 1. The van der Waals surface area contributed by atoms with E-state index in [0.717, 1.165) is 6.42 Å². The highest BCUT2D eigenvalue weighted by molar-refractivity contribution is 6.31. The van der Waals surface area contributed by atoms with Crippen LogP contribution in [0.25, 0.3) is 0 Å². The molecule has 2 rings (SSSR count). The fourth-order valence-corrected chi connectivity index (χ4v) is 2.44. The predicted molar refractivity (Wildman–Crippen MR) is 74.6 cm³/mol. The standard InChI is InChI=1S/C13H15ClN2O4/c1-20-13(19)15-9-4-5-16(7-9)11-6-8(14)2-3-10(11)12(17)18/h2-3,6,9H,4-5,7H2,1H3,(H,15,19)(H,17,18). The van der Waals surface area contributed by atoms with Gasteiger partial charge in [-0.1, -0.05) is 11.6 Å². The molecule has 1 aliphatic rings. The molecule has 1 heterocycles. The van der Waals surface area contributed by atoms with Crippen LogP contribution in [0.15, 0.2) is 18.2 Å². The van der Waals surface area contributed by atoms with Crippen molar-refractivity contribution in [3.63, 3.8) is 0 Å². The molecule has 0 aliphatic carbocycles. The first-order valence-corrected chi connectivity index (χ1v) is 6.51. The summed E-state index contributed by atoms with van der Waals surface area (Å²) >= 11 is 5.93. The Bertz CT molecular complexity index is 535. The quantitative estimate of drug-likeness (QED) is 0.892. The Balaban J connectivity index is 2.15. The number of amides is 1. The van der Waals surface area contributed by atoms with Crippen molar-refractivity contribution in [2.45, 2.75) is 12.5 Å². The molecule has 1 unspecified atom stereocenters. The van der Waals surface area contributed by atoms with Crippen LogP contribution in [0, 0.1) is 0 Å². The molecular formula is C13H15ClN2O4. The molecule has 108 valence electrons. The Kier molecular flexibility index (Phi) is 4.34. The predicted octanol–water partition coefficient (Wildman–Crippen LogP) is 1.97. The number of carbonyl (C=O) groups excluding carboxylic acids is 1. The number of carbonyl (C=O) groups is 2. The molecule has 0 radical (unpaired) electrons. The summed E-state index contributed by atoms with van der Waals surface area (Å²) in [5, 5.41) is 12.4. The third-order valence-corrected chi connectivity index (χ3v) is 3.46. The van der Waals surface area contributed by atoms with Gasteiger partial charge in [-0.05, 0) is 24.6 Å². The van der Waals surface area contributed by atoms with Gasteiger partial charge in [0.2, 0.25) is 0 Å². The van der Waals surface area contributed by atoms with Gasteiger partial charge in [0.1, 0.15) is 0 Å². The van der Waals surface area contributed by atoms with Gasteiger partial charge in [0.05, 0.1) is 24.4 Å². The van der Waals surface area contributed by atoms with E-state index in [2.05, 4.69) is 10.1 Å². The van der Waals surface area contributed by atoms with Gasteiger partial charge in [-0.2, -0.15) is 0 Å². The normalized spacial score (nSPS) is 17.9. The van der Waals surface area contributed by atoms with Crippen LogP contribution < -0.4 is 10.2 Å². The molecule has 1 amide bonds. The fraction of sp³-hybridized carbons (Fsp3) is 0.385. The molecule has 0 bridgehead atoms. The summed E-state index contributed by atoms with van der Waals surface area (Å²) in [6.07, 6.45) is 0.238. The molecular weight excluding hydrogens is 284 g/mol. The Labute approximate surface area is 121 Å². The lowest BCUT2D eigenvalue weighted by Crippen LogP contribution is -2.37. The largest absolute Gasteiger partial charge is 0.478 e. The van der Waals surface area contributed by atoms with Gasteiger partial charge >= 0.3 is 12.1 Å². The number of halogens is 1.